The van der Waals surface area contributed by atoms with Gasteiger partial charge >= 0.3 is 0 Å². The van der Waals surface area contributed by atoms with Gasteiger partial charge in [0.15, 0.2) is 25.3 Å². The summed E-state index contributed by atoms with van der Waals surface area (Å²) in [4.78, 5) is 44.6. The lowest BCUT2D eigenvalue weighted by atomic mass is 10.5. The lowest BCUT2D eigenvalue weighted by Crippen LogP contribution is -2.13. The van der Waals surface area contributed by atoms with Crippen molar-refractivity contribution < 1.29 is 5.11 Å². The first-order valence-corrected chi connectivity index (χ1v) is 11.7. The Morgan fingerprint density at radius 1 is 0.861 bits per heavy atom. The smallest absolute Gasteiger partial charge is 0.255 e. The molecular formula is C18H22N10O3S5. The first kappa shape index (κ1) is 30.6. The Hall–Kier alpha value is -3.45. The predicted molar refractivity (Wildman–Crippen MR) is 155 cm³/mol. The van der Waals surface area contributed by atoms with Gasteiger partial charge in [-0.15, -0.1) is 0 Å². The zero-order valence-electron chi connectivity index (χ0n) is 18.6. The third kappa shape index (κ3) is 15.5. The minimum atomic E-state index is -0.406. The van der Waals surface area contributed by atoms with Gasteiger partial charge in [0.1, 0.15) is 4.99 Å². The maximum Gasteiger partial charge on any atom is 0.255 e. The summed E-state index contributed by atoms with van der Waals surface area (Å²) in [6.07, 6.45) is 6.87. The van der Waals surface area contributed by atoms with Gasteiger partial charge in [0.05, 0.1) is 25.5 Å². The molecule has 0 radical (unpaired) electrons. The van der Waals surface area contributed by atoms with Crippen molar-refractivity contribution in [3.05, 3.63) is 65.2 Å². The fourth-order valence-corrected chi connectivity index (χ4v) is 2.81. The Morgan fingerprint density at radius 2 is 1.47 bits per heavy atom. The van der Waals surface area contributed by atoms with E-state index in [0.29, 0.717) is 21.2 Å². The first-order valence-electron chi connectivity index (χ1n) is 9.68. The van der Waals surface area contributed by atoms with Gasteiger partial charge in [-0.05, 0) is 55.8 Å². The second kappa shape index (κ2) is 17.1. The van der Waals surface area contributed by atoms with Gasteiger partial charge in [0, 0.05) is 30.4 Å². The number of H-pyrrole nitrogens is 6. The molecule has 3 aromatic heterocycles. The molecule has 18 heteroatoms. The van der Waals surface area contributed by atoms with E-state index >= 15 is 0 Å². The average Bonchev–Trinajstić information content (AvgIpc) is 3.53. The largest absolute Gasteiger partial charge is 0.494 e. The zero-order chi connectivity index (χ0) is 26.9. The Labute approximate surface area is 229 Å². The first-order chi connectivity index (χ1) is 17.0. The summed E-state index contributed by atoms with van der Waals surface area (Å²) in [5.41, 5.74) is 0.219. The van der Waals surface area contributed by atoms with Crippen molar-refractivity contribution >= 4 is 83.7 Å². The maximum atomic E-state index is 10.6. The number of aromatic hydroxyl groups is 1. The van der Waals surface area contributed by atoms with Crippen LogP contribution < -0.4 is 21.8 Å². The second-order valence-corrected chi connectivity index (χ2v) is 8.33. The fraction of sp³-hybridized carbons (Fsp3) is 0.167. The standard InChI is InChI=1S/C5H6N2OS.C4H4N2O2S.3C3H4N2S/c1-3-2-4(8)7-5(9)6-3;7-2-1-3(8)6-4(9)5-2;6-3-1-4-2-5-3;2*6-3-4-1-2-5-3/h2H,1H3,(H2,6,7,8,9);1H,(H3,5,6,7,8,9);2H,1H2,(H,4,5,6);1H,2H2,(H,5,6);1-2H,(H2,4,5,6). The van der Waals surface area contributed by atoms with E-state index in [0.717, 1.165) is 23.3 Å². The fourth-order valence-electron chi connectivity index (χ4n) is 1.92. The van der Waals surface area contributed by atoms with Crippen LogP contribution in [0.15, 0.2) is 44.1 Å². The molecule has 0 aliphatic carbocycles. The Balaban J connectivity index is 0.000000228. The minimum Gasteiger partial charge on any atom is -0.494 e. The van der Waals surface area contributed by atoms with Gasteiger partial charge in [-0.2, -0.15) is 0 Å². The molecule has 0 atom stereocenters. The lowest BCUT2D eigenvalue weighted by Gasteiger charge is -1.87. The van der Waals surface area contributed by atoms with Crippen molar-refractivity contribution in [3.8, 4) is 5.88 Å². The zero-order valence-corrected chi connectivity index (χ0v) is 22.7. The van der Waals surface area contributed by atoms with Crippen LogP contribution in [-0.2, 0) is 0 Å². The third-order valence-corrected chi connectivity index (χ3v) is 4.40. The van der Waals surface area contributed by atoms with Crippen molar-refractivity contribution in [2.24, 2.45) is 9.98 Å². The highest BCUT2D eigenvalue weighted by Gasteiger charge is 1.94. The number of aromatic amines is 6. The second-order valence-electron chi connectivity index (χ2n) is 6.23. The molecule has 5 heterocycles. The van der Waals surface area contributed by atoms with Gasteiger partial charge < -0.3 is 35.7 Å². The molecule has 0 aromatic carbocycles. The highest BCUT2D eigenvalue weighted by atomic mass is 32.1. The predicted octanol–water partition coefficient (Wildman–Crippen LogP) is 1.84. The summed E-state index contributed by atoms with van der Waals surface area (Å²) >= 11 is 23.1. The number of hydrogen-bond donors (Lipinski definition) is 9. The molecule has 2 aliphatic rings. The molecule has 36 heavy (non-hydrogen) atoms. The molecule has 192 valence electrons. The molecule has 0 fully saturated rings. The van der Waals surface area contributed by atoms with Crippen LogP contribution in [0.3, 0.4) is 0 Å². The normalized spacial score (nSPS) is 12.2. The van der Waals surface area contributed by atoms with Crippen LogP contribution in [0.1, 0.15) is 5.69 Å². The third-order valence-electron chi connectivity index (χ3n) is 3.26. The molecule has 0 saturated carbocycles. The SMILES string of the molecule is Cc1cc(=O)[nH]c(=S)[nH]1.O=c1cc(O)[nH]c(=S)[nH]1.S=C1CN=CN1.S=C1N=CCN1.S=c1[nH]cc[nH]1. The van der Waals surface area contributed by atoms with Gasteiger partial charge in [-0.25, -0.2) is 4.99 Å². The van der Waals surface area contributed by atoms with Crippen LogP contribution in [0.2, 0.25) is 0 Å². The number of nitrogens with one attached hydrogen (secondary N) is 8. The number of thiocarbonyl (C=S) groups is 2. The number of aryl methyl sites for hydroxylation is 1. The van der Waals surface area contributed by atoms with Crippen LogP contribution in [0.25, 0.3) is 0 Å². The van der Waals surface area contributed by atoms with E-state index in [2.05, 4.69) is 112 Å². The Kier molecular flexibility index (Phi) is 14.5. The summed E-state index contributed by atoms with van der Waals surface area (Å²) in [6.45, 7) is 3.26. The highest BCUT2D eigenvalue weighted by Crippen LogP contribution is 1.92. The number of rotatable bonds is 0. The molecule has 3 aromatic rings. The van der Waals surface area contributed by atoms with Gasteiger partial charge in [-0.3, -0.25) is 24.5 Å². The molecule has 0 bridgehead atoms. The number of aromatic nitrogens is 6. The lowest BCUT2D eigenvalue weighted by molar-refractivity contribution is 0.450. The Bertz CT molecular complexity index is 1330. The van der Waals surface area contributed by atoms with Gasteiger partial charge in [0.2, 0.25) is 0 Å². The van der Waals surface area contributed by atoms with Crippen LogP contribution in [0, 0.1) is 21.2 Å². The summed E-state index contributed by atoms with van der Waals surface area (Å²) in [7, 11) is 0. The molecule has 0 unspecified atom stereocenters. The van der Waals surface area contributed by atoms with E-state index in [4.69, 9.17) is 5.11 Å². The molecule has 2 aliphatic heterocycles. The van der Waals surface area contributed by atoms with Crippen molar-refractivity contribution in [3.63, 3.8) is 0 Å². The molecule has 0 spiro atoms. The van der Waals surface area contributed by atoms with Crippen molar-refractivity contribution in [2.75, 3.05) is 13.1 Å². The number of imidazole rings is 1. The molecule has 0 amide bonds. The van der Waals surface area contributed by atoms with E-state index in [1.807, 2.05) is 0 Å². The van der Waals surface area contributed by atoms with E-state index in [1.165, 1.54) is 6.07 Å². The molecule has 9 N–H and O–H groups in total. The number of aliphatic imine (C=N–C) groups is 2. The number of hydrogen-bond acceptors (Lipinski definition) is 9. The average molecular weight is 587 g/mol. The van der Waals surface area contributed by atoms with E-state index < -0.39 is 5.56 Å². The van der Waals surface area contributed by atoms with Crippen LogP contribution in [-0.4, -0.2) is 70.8 Å². The molecule has 5 rings (SSSR count). The molecular weight excluding hydrogens is 565 g/mol. The Morgan fingerprint density at radius 3 is 1.75 bits per heavy atom. The van der Waals surface area contributed by atoms with Crippen LogP contribution in [0.5, 0.6) is 5.88 Å². The van der Waals surface area contributed by atoms with Gasteiger partial charge in [-0.1, -0.05) is 12.2 Å². The van der Waals surface area contributed by atoms with Crippen LogP contribution >= 0.6 is 61.1 Å². The van der Waals surface area contributed by atoms with E-state index in [1.54, 1.807) is 31.9 Å². The summed E-state index contributed by atoms with van der Waals surface area (Å²) in [5.74, 6) is -0.219. The minimum absolute atomic E-state index is 0.125. The van der Waals surface area contributed by atoms with E-state index in [9.17, 15) is 9.59 Å². The molecule has 13 nitrogen and oxygen atoms in total. The summed E-state index contributed by atoms with van der Waals surface area (Å²) < 4.78 is 1.18. The van der Waals surface area contributed by atoms with Crippen LogP contribution in [0.4, 0.5) is 0 Å². The maximum absolute atomic E-state index is 10.6. The van der Waals surface area contributed by atoms with E-state index in [-0.39, 0.29) is 16.2 Å². The highest BCUT2D eigenvalue weighted by molar-refractivity contribution is 7.80. The van der Waals surface area contributed by atoms with Gasteiger partial charge in [0.25, 0.3) is 11.1 Å². The quantitative estimate of drug-likeness (QED) is 0.175. The summed E-state index contributed by atoms with van der Waals surface area (Å²) in [5, 5.41) is 14.8. The van der Waals surface area contributed by atoms with Crippen molar-refractivity contribution in [2.45, 2.75) is 6.92 Å². The molecule has 0 saturated heterocycles. The van der Waals surface area contributed by atoms with Crippen molar-refractivity contribution in [1.82, 2.24) is 40.5 Å². The topological polar surface area (TPSA) is 198 Å². The number of nitrogens with zero attached hydrogens (tertiary/aromatic N) is 2. The monoisotopic (exact) mass is 586 g/mol. The van der Waals surface area contributed by atoms with Crippen molar-refractivity contribution in [1.29, 1.82) is 0 Å². The summed E-state index contributed by atoms with van der Waals surface area (Å²) in [6, 6.07) is 2.46.